The third-order valence-corrected chi connectivity index (χ3v) is 5.92. The molecule has 3 aromatic rings. The topological polar surface area (TPSA) is 67.8 Å². The number of benzene rings is 2. The summed E-state index contributed by atoms with van der Waals surface area (Å²) in [6, 6.07) is 19.8. The molecule has 1 fully saturated rings. The normalized spacial score (nSPS) is 13.6. The van der Waals surface area contributed by atoms with Crippen LogP contribution in [0.4, 0.5) is 5.82 Å². The lowest BCUT2D eigenvalue weighted by Crippen LogP contribution is -2.50. The van der Waals surface area contributed by atoms with E-state index in [2.05, 4.69) is 53.2 Å². The van der Waals surface area contributed by atoms with Crippen LogP contribution in [0.25, 0.3) is 11.3 Å². The van der Waals surface area contributed by atoms with Crippen molar-refractivity contribution < 1.29 is 14.3 Å². The van der Waals surface area contributed by atoms with E-state index < -0.39 is 0 Å². The molecule has 178 valence electrons. The first-order chi connectivity index (χ1) is 16.7. The lowest BCUT2D eigenvalue weighted by molar-refractivity contribution is -0.133. The van der Waals surface area contributed by atoms with Gasteiger partial charge in [-0.05, 0) is 54.8 Å². The molecule has 2 heterocycles. The quantitative estimate of drug-likeness (QED) is 0.476. The van der Waals surface area contributed by atoms with Crippen LogP contribution in [0.3, 0.4) is 0 Å². The summed E-state index contributed by atoms with van der Waals surface area (Å²) < 4.78 is 11.2. The standard InChI is InChI=1S/C27H32N4O3/c1-3-19-33-23-9-11-24(12-10-23)34-20-27(32)31-17-15-30(16-18-31)26-14-13-25(28-29-26)22-7-5-21(4-2)6-8-22/h5-14H,3-4,15-20H2,1-2H3. The van der Waals surface area contributed by atoms with Crippen LogP contribution in [0.15, 0.2) is 60.7 Å². The van der Waals surface area contributed by atoms with Gasteiger partial charge in [-0.1, -0.05) is 38.1 Å². The number of rotatable bonds is 9. The van der Waals surface area contributed by atoms with E-state index in [9.17, 15) is 4.79 Å². The van der Waals surface area contributed by atoms with Gasteiger partial charge in [0, 0.05) is 31.7 Å². The summed E-state index contributed by atoms with van der Waals surface area (Å²) in [4.78, 5) is 16.6. The second-order valence-corrected chi connectivity index (χ2v) is 8.30. The van der Waals surface area contributed by atoms with Crippen LogP contribution in [-0.2, 0) is 11.2 Å². The fraction of sp³-hybridized carbons (Fsp3) is 0.370. The van der Waals surface area contributed by atoms with Crippen molar-refractivity contribution in [1.29, 1.82) is 0 Å². The number of carbonyl (C=O) groups is 1. The molecule has 0 saturated carbocycles. The maximum atomic E-state index is 12.6. The number of anilines is 1. The molecule has 4 rings (SSSR count). The molecule has 0 radical (unpaired) electrons. The lowest BCUT2D eigenvalue weighted by Gasteiger charge is -2.35. The van der Waals surface area contributed by atoms with E-state index in [1.807, 2.05) is 41.3 Å². The Morgan fingerprint density at radius 1 is 0.824 bits per heavy atom. The molecule has 1 aliphatic heterocycles. The molecule has 0 bridgehead atoms. The average molecular weight is 461 g/mol. The molecule has 0 aliphatic carbocycles. The Bertz CT molecular complexity index is 1040. The zero-order valence-electron chi connectivity index (χ0n) is 19.9. The van der Waals surface area contributed by atoms with Gasteiger partial charge in [0.15, 0.2) is 12.4 Å². The first-order valence-corrected chi connectivity index (χ1v) is 12.0. The minimum Gasteiger partial charge on any atom is -0.494 e. The van der Waals surface area contributed by atoms with Crippen molar-refractivity contribution in [2.75, 3.05) is 44.3 Å². The maximum Gasteiger partial charge on any atom is 0.260 e. The van der Waals surface area contributed by atoms with Crippen molar-refractivity contribution in [3.63, 3.8) is 0 Å². The number of carbonyl (C=O) groups excluding carboxylic acids is 1. The Morgan fingerprint density at radius 2 is 1.50 bits per heavy atom. The number of hydrogen-bond donors (Lipinski definition) is 0. The van der Waals surface area contributed by atoms with Crippen LogP contribution in [0.5, 0.6) is 11.5 Å². The Hall–Kier alpha value is -3.61. The summed E-state index contributed by atoms with van der Waals surface area (Å²) in [5.74, 6) is 2.29. The van der Waals surface area contributed by atoms with Crippen molar-refractivity contribution in [3.05, 3.63) is 66.2 Å². The molecule has 0 N–H and O–H groups in total. The number of piperazine rings is 1. The van der Waals surface area contributed by atoms with E-state index in [1.54, 1.807) is 0 Å². The van der Waals surface area contributed by atoms with Gasteiger partial charge in [0.2, 0.25) is 0 Å². The van der Waals surface area contributed by atoms with Crippen molar-refractivity contribution in [1.82, 2.24) is 15.1 Å². The van der Waals surface area contributed by atoms with E-state index in [0.29, 0.717) is 38.5 Å². The second kappa shape index (κ2) is 11.5. The number of aromatic nitrogens is 2. The fourth-order valence-corrected chi connectivity index (χ4v) is 3.83. The van der Waals surface area contributed by atoms with E-state index in [4.69, 9.17) is 9.47 Å². The summed E-state index contributed by atoms with van der Waals surface area (Å²) in [7, 11) is 0. The van der Waals surface area contributed by atoms with Gasteiger partial charge in [0.05, 0.1) is 12.3 Å². The number of hydrogen-bond acceptors (Lipinski definition) is 6. The molecule has 1 aromatic heterocycles. The highest BCUT2D eigenvalue weighted by Gasteiger charge is 2.22. The smallest absolute Gasteiger partial charge is 0.260 e. The first-order valence-electron chi connectivity index (χ1n) is 12.0. The number of aryl methyl sites for hydroxylation is 1. The van der Waals surface area contributed by atoms with Gasteiger partial charge in [-0.3, -0.25) is 4.79 Å². The minimum atomic E-state index is -0.0112. The Labute approximate surface area is 201 Å². The van der Waals surface area contributed by atoms with Crippen LogP contribution >= 0.6 is 0 Å². The highest BCUT2D eigenvalue weighted by atomic mass is 16.5. The van der Waals surface area contributed by atoms with Gasteiger partial charge in [0.1, 0.15) is 11.5 Å². The molecular formula is C27H32N4O3. The summed E-state index contributed by atoms with van der Waals surface area (Å²) in [5.41, 5.74) is 3.23. The summed E-state index contributed by atoms with van der Waals surface area (Å²) >= 11 is 0. The zero-order valence-corrected chi connectivity index (χ0v) is 19.9. The van der Waals surface area contributed by atoms with Gasteiger partial charge in [-0.2, -0.15) is 0 Å². The Balaban J connectivity index is 1.24. The molecule has 2 aromatic carbocycles. The first kappa shape index (κ1) is 23.5. The van der Waals surface area contributed by atoms with Gasteiger partial charge in [0.25, 0.3) is 5.91 Å². The van der Waals surface area contributed by atoms with Crippen molar-refractivity contribution in [2.24, 2.45) is 0 Å². The van der Waals surface area contributed by atoms with Crippen molar-refractivity contribution >= 4 is 11.7 Å². The maximum absolute atomic E-state index is 12.6. The van der Waals surface area contributed by atoms with Crippen LogP contribution < -0.4 is 14.4 Å². The molecule has 0 spiro atoms. The molecular weight excluding hydrogens is 428 g/mol. The summed E-state index contributed by atoms with van der Waals surface area (Å²) in [5, 5.41) is 8.85. The van der Waals surface area contributed by atoms with Gasteiger partial charge < -0.3 is 19.3 Å². The third kappa shape index (κ3) is 6.04. The highest BCUT2D eigenvalue weighted by Crippen LogP contribution is 2.21. The predicted octanol–water partition coefficient (Wildman–Crippen LogP) is 4.22. The molecule has 1 amide bonds. The van der Waals surface area contributed by atoms with Crippen LogP contribution in [0, 0.1) is 0 Å². The molecule has 0 unspecified atom stereocenters. The third-order valence-electron chi connectivity index (χ3n) is 5.92. The van der Waals surface area contributed by atoms with Gasteiger partial charge in [-0.15, -0.1) is 10.2 Å². The Kier molecular flexibility index (Phi) is 7.96. The molecule has 1 aliphatic rings. The Morgan fingerprint density at radius 3 is 2.09 bits per heavy atom. The van der Waals surface area contributed by atoms with Crippen molar-refractivity contribution in [2.45, 2.75) is 26.7 Å². The van der Waals surface area contributed by atoms with Gasteiger partial charge >= 0.3 is 0 Å². The minimum absolute atomic E-state index is 0.0112. The average Bonchev–Trinajstić information content (AvgIpc) is 2.91. The lowest BCUT2D eigenvalue weighted by atomic mass is 10.1. The summed E-state index contributed by atoms with van der Waals surface area (Å²) in [6.45, 7) is 7.63. The molecule has 0 atom stereocenters. The van der Waals surface area contributed by atoms with E-state index in [-0.39, 0.29) is 12.5 Å². The predicted molar refractivity (Wildman–Crippen MR) is 133 cm³/mol. The SMILES string of the molecule is CCCOc1ccc(OCC(=O)N2CCN(c3ccc(-c4ccc(CC)cc4)nn3)CC2)cc1. The summed E-state index contributed by atoms with van der Waals surface area (Å²) in [6.07, 6.45) is 1.98. The van der Waals surface area contributed by atoms with Crippen molar-refractivity contribution in [3.8, 4) is 22.8 Å². The van der Waals surface area contributed by atoms with E-state index in [0.717, 1.165) is 35.7 Å². The molecule has 34 heavy (non-hydrogen) atoms. The molecule has 1 saturated heterocycles. The fourth-order valence-electron chi connectivity index (χ4n) is 3.83. The number of amides is 1. The second-order valence-electron chi connectivity index (χ2n) is 8.30. The zero-order chi connectivity index (χ0) is 23.8. The van der Waals surface area contributed by atoms with E-state index >= 15 is 0 Å². The largest absolute Gasteiger partial charge is 0.494 e. The monoisotopic (exact) mass is 460 g/mol. The van der Waals surface area contributed by atoms with Crippen LogP contribution in [-0.4, -0.2) is 60.4 Å². The molecule has 7 nitrogen and oxygen atoms in total. The van der Waals surface area contributed by atoms with Gasteiger partial charge in [-0.25, -0.2) is 0 Å². The number of ether oxygens (including phenoxy) is 2. The van der Waals surface area contributed by atoms with Crippen LogP contribution in [0.2, 0.25) is 0 Å². The highest BCUT2D eigenvalue weighted by molar-refractivity contribution is 5.78. The van der Waals surface area contributed by atoms with Crippen LogP contribution in [0.1, 0.15) is 25.8 Å². The molecule has 7 heteroatoms. The number of nitrogens with zero attached hydrogens (tertiary/aromatic N) is 4. The van der Waals surface area contributed by atoms with E-state index in [1.165, 1.54) is 5.56 Å².